The summed E-state index contributed by atoms with van der Waals surface area (Å²) in [5, 5.41) is 3.06. The Morgan fingerprint density at radius 1 is 1.04 bits per heavy atom. The molecule has 0 aromatic heterocycles. The fraction of sp³-hybridized carbons (Fsp3) is 0.409. The van der Waals surface area contributed by atoms with Gasteiger partial charge in [-0.2, -0.15) is 4.31 Å². The third kappa shape index (κ3) is 4.28. The largest absolute Gasteiger partial charge is 0.345 e. The van der Waals surface area contributed by atoms with Crippen LogP contribution in [0, 0.1) is 13.8 Å². The van der Waals surface area contributed by atoms with E-state index in [0.717, 1.165) is 24.8 Å². The number of benzene rings is 2. The Bertz CT molecular complexity index is 946. The maximum atomic E-state index is 12.7. The van der Waals surface area contributed by atoms with E-state index in [1.165, 1.54) is 27.6 Å². The van der Waals surface area contributed by atoms with Crippen LogP contribution < -0.4 is 5.32 Å². The Morgan fingerprint density at radius 2 is 1.68 bits per heavy atom. The second-order valence-electron chi connectivity index (χ2n) is 7.41. The van der Waals surface area contributed by atoms with Gasteiger partial charge in [-0.15, -0.1) is 0 Å². The molecule has 28 heavy (non-hydrogen) atoms. The molecule has 1 aliphatic rings. The Balaban J connectivity index is 1.74. The number of carbonyl (C=O) groups is 1. The Hall–Kier alpha value is -2.18. The highest BCUT2D eigenvalue weighted by Crippen LogP contribution is 2.23. The van der Waals surface area contributed by atoms with Crippen LogP contribution in [0.1, 0.15) is 59.3 Å². The fourth-order valence-corrected chi connectivity index (χ4v) is 5.02. The van der Waals surface area contributed by atoms with Crippen LogP contribution in [-0.4, -0.2) is 31.7 Å². The summed E-state index contributed by atoms with van der Waals surface area (Å²) in [6.45, 7) is 7.30. The molecule has 1 fully saturated rings. The van der Waals surface area contributed by atoms with Gasteiger partial charge in [-0.25, -0.2) is 8.42 Å². The van der Waals surface area contributed by atoms with Crippen molar-refractivity contribution in [3.8, 4) is 0 Å². The van der Waals surface area contributed by atoms with E-state index >= 15 is 0 Å². The van der Waals surface area contributed by atoms with Crippen molar-refractivity contribution < 1.29 is 13.2 Å². The third-order valence-corrected chi connectivity index (χ3v) is 7.38. The van der Waals surface area contributed by atoms with Gasteiger partial charge in [0.05, 0.1) is 10.9 Å². The molecule has 1 heterocycles. The van der Waals surface area contributed by atoms with Crippen molar-refractivity contribution in [2.75, 3.05) is 13.1 Å². The minimum Gasteiger partial charge on any atom is -0.345 e. The average Bonchev–Trinajstić information content (AvgIpc) is 3.24. The molecule has 2 aromatic carbocycles. The first-order chi connectivity index (χ1) is 13.3. The number of sulfonamides is 1. The number of nitrogens with zero attached hydrogens (tertiary/aromatic N) is 1. The maximum absolute atomic E-state index is 12.7. The molecular weight excluding hydrogens is 372 g/mol. The number of amides is 1. The van der Waals surface area contributed by atoms with Crippen LogP contribution >= 0.6 is 0 Å². The summed E-state index contributed by atoms with van der Waals surface area (Å²) in [5.74, 6) is -0.199. The molecule has 2 aromatic rings. The van der Waals surface area contributed by atoms with Crippen LogP contribution in [0.3, 0.4) is 0 Å². The van der Waals surface area contributed by atoms with E-state index in [9.17, 15) is 13.2 Å². The summed E-state index contributed by atoms with van der Waals surface area (Å²) in [6.07, 6.45) is 2.57. The van der Waals surface area contributed by atoms with Gasteiger partial charge in [0.25, 0.3) is 5.91 Å². The predicted octanol–water partition coefficient (Wildman–Crippen LogP) is 3.97. The van der Waals surface area contributed by atoms with Crippen molar-refractivity contribution in [3.05, 3.63) is 64.7 Å². The molecule has 0 radical (unpaired) electrons. The first kappa shape index (κ1) is 20.6. The van der Waals surface area contributed by atoms with Gasteiger partial charge in [0, 0.05) is 18.7 Å². The van der Waals surface area contributed by atoms with Crippen molar-refractivity contribution >= 4 is 15.9 Å². The molecule has 1 amide bonds. The SMILES string of the molecule is CC[C@H](NC(=O)c1ccc(S(=O)(=O)N2CCCC2)cc1)c1ccc(C)c(C)c1. The first-order valence-electron chi connectivity index (χ1n) is 9.81. The van der Waals surface area contributed by atoms with Crippen LogP contribution in [0.25, 0.3) is 0 Å². The van der Waals surface area contributed by atoms with E-state index in [2.05, 4.69) is 31.3 Å². The molecule has 0 saturated carbocycles. The zero-order chi connectivity index (χ0) is 20.3. The summed E-state index contributed by atoms with van der Waals surface area (Å²) in [6, 6.07) is 12.4. The number of nitrogens with one attached hydrogen (secondary N) is 1. The van der Waals surface area contributed by atoms with E-state index in [1.807, 2.05) is 13.0 Å². The first-order valence-corrected chi connectivity index (χ1v) is 11.2. The molecule has 0 unspecified atom stereocenters. The molecule has 1 aliphatic heterocycles. The summed E-state index contributed by atoms with van der Waals surface area (Å²) in [7, 11) is -3.46. The van der Waals surface area contributed by atoms with Gasteiger partial charge in [0.1, 0.15) is 0 Å². The van der Waals surface area contributed by atoms with Crippen LogP contribution in [0.4, 0.5) is 0 Å². The molecule has 0 bridgehead atoms. The van der Waals surface area contributed by atoms with Gasteiger partial charge >= 0.3 is 0 Å². The lowest BCUT2D eigenvalue weighted by molar-refractivity contribution is 0.0935. The third-order valence-electron chi connectivity index (χ3n) is 5.47. The molecule has 1 saturated heterocycles. The standard InChI is InChI=1S/C22H28N2O3S/c1-4-21(19-8-7-16(2)17(3)15-19)23-22(25)18-9-11-20(12-10-18)28(26,27)24-13-5-6-14-24/h7-12,15,21H,4-6,13-14H2,1-3H3,(H,23,25)/t21-/m0/s1. The Labute approximate surface area is 167 Å². The molecule has 0 aliphatic carbocycles. The summed E-state index contributed by atoms with van der Waals surface area (Å²) in [5.41, 5.74) is 3.95. The second-order valence-corrected chi connectivity index (χ2v) is 9.35. The van der Waals surface area contributed by atoms with Gasteiger partial charge < -0.3 is 5.32 Å². The predicted molar refractivity (Wildman–Crippen MR) is 111 cm³/mol. The van der Waals surface area contributed by atoms with Crippen molar-refractivity contribution in [1.29, 1.82) is 0 Å². The quantitative estimate of drug-likeness (QED) is 0.798. The summed E-state index contributed by atoms with van der Waals surface area (Å²) < 4.78 is 26.7. The Morgan fingerprint density at radius 3 is 2.25 bits per heavy atom. The Kier molecular flexibility index (Phi) is 6.20. The van der Waals surface area contributed by atoms with Crippen molar-refractivity contribution in [2.24, 2.45) is 0 Å². The lowest BCUT2D eigenvalue weighted by Gasteiger charge is -2.19. The van der Waals surface area contributed by atoms with E-state index < -0.39 is 10.0 Å². The van der Waals surface area contributed by atoms with Crippen molar-refractivity contribution in [3.63, 3.8) is 0 Å². The molecule has 150 valence electrons. The molecule has 6 heteroatoms. The molecule has 3 rings (SSSR count). The van der Waals surface area contributed by atoms with Crippen molar-refractivity contribution in [1.82, 2.24) is 9.62 Å². The number of carbonyl (C=O) groups excluding carboxylic acids is 1. The highest BCUT2D eigenvalue weighted by molar-refractivity contribution is 7.89. The molecule has 0 spiro atoms. The van der Waals surface area contributed by atoms with Gasteiger partial charge in [-0.1, -0.05) is 25.1 Å². The number of aryl methyl sites for hydroxylation is 2. The maximum Gasteiger partial charge on any atom is 0.251 e. The minimum atomic E-state index is -3.46. The molecule has 1 atom stereocenters. The summed E-state index contributed by atoms with van der Waals surface area (Å²) in [4.78, 5) is 12.9. The average molecular weight is 401 g/mol. The second kappa shape index (κ2) is 8.45. The van der Waals surface area contributed by atoms with E-state index in [4.69, 9.17) is 0 Å². The van der Waals surface area contributed by atoms with Gasteiger partial charge in [0.15, 0.2) is 0 Å². The topological polar surface area (TPSA) is 66.5 Å². The van der Waals surface area contributed by atoms with Gasteiger partial charge in [-0.05, 0) is 74.1 Å². The molecule has 1 N–H and O–H groups in total. The summed E-state index contributed by atoms with van der Waals surface area (Å²) >= 11 is 0. The zero-order valence-electron chi connectivity index (χ0n) is 16.7. The van der Waals surface area contributed by atoms with Crippen LogP contribution in [0.5, 0.6) is 0 Å². The smallest absolute Gasteiger partial charge is 0.251 e. The van der Waals surface area contributed by atoms with E-state index in [-0.39, 0.29) is 16.8 Å². The monoisotopic (exact) mass is 400 g/mol. The zero-order valence-corrected chi connectivity index (χ0v) is 17.6. The lowest BCUT2D eigenvalue weighted by Crippen LogP contribution is -2.29. The number of hydrogen-bond donors (Lipinski definition) is 1. The van der Waals surface area contributed by atoms with Crippen LogP contribution in [-0.2, 0) is 10.0 Å². The normalized spacial score (nSPS) is 16.1. The van der Waals surface area contributed by atoms with E-state index in [1.54, 1.807) is 12.1 Å². The molecule has 5 nitrogen and oxygen atoms in total. The van der Waals surface area contributed by atoms with Gasteiger partial charge in [-0.3, -0.25) is 4.79 Å². The lowest BCUT2D eigenvalue weighted by atomic mass is 9.99. The highest BCUT2D eigenvalue weighted by Gasteiger charge is 2.27. The van der Waals surface area contributed by atoms with Crippen LogP contribution in [0.15, 0.2) is 47.4 Å². The fourth-order valence-electron chi connectivity index (χ4n) is 3.50. The minimum absolute atomic E-state index is 0.0835. The molecular formula is C22H28N2O3S. The van der Waals surface area contributed by atoms with Crippen LogP contribution in [0.2, 0.25) is 0 Å². The number of hydrogen-bond acceptors (Lipinski definition) is 3. The highest BCUT2D eigenvalue weighted by atomic mass is 32.2. The number of rotatable bonds is 6. The van der Waals surface area contributed by atoms with Crippen molar-refractivity contribution in [2.45, 2.75) is 51.0 Å². The van der Waals surface area contributed by atoms with Gasteiger partial charge in [0.2, 0.25) is 10.0 Å². The van der Waals surface area contributed by atoms with E-state index in [0.29, 0.717) is 18.7 Å².